The molecular weight excluding hydrogens is 357 g/mol. The van der Waals surface area contributed by atoms with Crippen molar-refractivity contribution in [2.24, 2.45) is 0 Å². The van der Waals surface area contributed by atoms with Crippen LogP contribution in [0.3, 0.4) is 0 Å². The highest BCUT2D eigenvalue weighted by atomic mass is 35.5. The van der Waals surface area contributed by atoms with Gasteiger partial charge in [0.1, 0.15) is 11.9 Å². The minimum absolute atomic E-state index is 0.175. The first kappa shape index (κ1) is 16.7. The minimum Gasteiger partial charge on any atom is -0.490 e. The Bertz CT molecular complexity index is 837. The largest absolute Gasteiger partial charge is 0.490 e. The van der Waals surface area contributed by atoms with Crippen LogP contribution in [0, 0.1) is 11.3 Å². The van der Waals surface area contributed by atoms with E-state index < -0.39 is 0 Å². The number of hydrogen-bond donors (Lipinski definition) is 1. The number of fused-ring (bicyclic) bond motifs is 2. The molecular formula is C19H17Cl2N3O. The van der Waals surface area contributed by atoms with Gasteiger partial charge in [-0.3, -0.25) is 4.98 Å². The van der Waals surface area contributed by atoms with Crippen LogP contribution in [0.4, 0.5) is 0 Å². The summed E-state index contributed by atoms with van der Waals surface area (Å²) in [6.45, 7) is 0. The summed E-state index contributed by atoms with van der Waals surface area (Å²) >= 11 is 12.2. The average molecular weight is 374 g/mol. The average Bonchev–Trinajstić information content (AvgIpc) is 2.93. The first-order valence-electron chi connectivity index (χ1n) is 8.40. The van der Waals surface area contributed by atoms with Crippen LogP contribution in [0.5, 0.6) is 5.75 Å². The Balaban J connectivity index is 1.63. The molecule has 2 bridgehead atoms. The van der Waals surface area contributed by atoms with E-state index in [0.29, 0.717) is 39.1 Å². The fourth-order valence-electron chi connectivity index (χ4n) is 3.79. The summed E-state index contributed by atoms with van der Waals surface area (Å²) in [6, 6.07) is 10.4. The number of piperidine rings is 1. The van der Waals surface area contributed by atoms with Crippen LogP contribution < -0.4 is 10.1 Å². The van der Waals surface area contributed by atoms with Gasteiger partial charge in [0.15, 0.2) is 0 Å². The Morgan fingerprint density at radius 1 is 1.12 bits per heavy atom. The molecule has 0 amide bonds. The first-order chi connectivity index (χ1) is 12.1. The van der Waals surface area contributed by atoms with E-state index in [-0.39, 0.29) is 6.10 Å². The van der Waals surface area contributed by atoms with E-state index in [2.05, 4.69) is 16.4 Å². The smallest absolute Gasteiger partial charge is 0.121 e. The molecule has 0 aliphatic carbocycles. The number of aromatic nitrogens is 1. The summed E-state index contributed by atoms with van der Waals surface area (Å²) < 4.78 is 6.22. The summed E-state index contributed by atoms with van der Waals surface area (Å²) in [5.74, 6) is 0.688. The van der Waals surface area contributed by atoms with E-state index in [4.69, 9.17) is 27.9 Å². The number of benzene rings is 1. The summed E-state index contributed by atoms with van der Waals surface area (Å²) in [5, 5.41) is 13.9. The second-order valence-corrected chi connectivity index (χ2v) is 7.53. The Hall–Kier alpha value is -1.80. The van der Waals surface area contributed by atoms with Gasteiger partial charge >= 0.3 is 0 Å². The summed E-state index contributed by atoms with van der Waals surface area (Å²) in [5.41, 5.74) is 1.88. The van der Waals surface area contributed by atoms with Crippen molar-refractivity contribution in [1.82, 2.24) is 10.3 Å². The van der Waals surface area contributed by atoms with Crippen molar-refractivity contribution in [2.45, 2.75) is 43.9 Å². The SMILES string of the molecule is N#Cc1cc(O[C@@H]2C[C@H]3CC[C@@H](C2)N3)cc(-c2ncc(Cl)cc2Cl)c1. The first-order valence-corrected chi connectivity index (χ1v) is 9.15. The molecule has 0 unspecified atom stereocenters. The molecule has 4 rings (SSSR count). The van der Waals surface area contributed by atoms with Gasteiger partial charge in [0, 0.05) is 23.8 Å². The Kier molecular flexibility index (Phi) is 4.56. The van der Waals surface area contributed by atoms with Crippen LogP contribution in [-0.2, 0) is 0 Å². The van der Waals surface area contributed by atoms with Gasteiger partial charge in [-0.15, -0.1) is 0 Å². The van der Waals surface area contributed by atoms with E-state index in [1.807, 2.05) is 6.07 Å². The van der Waals surface area contributed by atoms with Gasteiger partial charge in [-0.1, -0.05) is 23.2 Å². The maximum absolute atomic E-state index is 9.36. The van der Waals surface area contributed by atoms with Crippen LogP contribution in [0.2, 0.25) is 10.0 Å². The molecule has 2 fully saturated rings. The number of nitrogens with zero attached hydrogens (tertiary/aromatic N) is 2. The molecule has 4 nitrogen and oxygen atoms in total. The molecule has 2 aromatic rings. The molecule has 3 atom stereocenters. The fourth-order valence-corrected chi connectivity index (χ4v) is 4.28. The molecule has 0 spiro atoms. The lowest BCUT2D eigenvalue weighted by molar-refractivity contribution is 0.137. The van der Waals surface area contributed by atoms with E-state index in [0.717, 1.165) is 18.4 Å². The zero-order valence-corrected chi connectivity index (χ0v) is 15.0. The number of halogens is 2. The number of pyridine rings is 1. The molecule has 3 heterocycles. The second-order valence-electron chi connectivity index (χ2n) is 6.69. The standard InChI is InChI=1S/C19H17Cl2N3O/c20-13-6-18(21)19(23-10-13)12-3-11(9-22)4-16(5-12)25-17-7-14-1-2-15(8-17)24-14/h3-6,10,14-15,17,24H,1-2,7-8H2/t14-,15+,17-. The van der Waals surface area contributed by atoms with Crippen molar-refractivity contribution in [3.63, 3.8) is 0 Å². The number of hydrogen-bond acceptors (Lipinski definition) is 4. The third-order valence-electron chi connectivity index (χ3n) is 4.85. The van der Waals surface area contributed by atoms with Gasteiger partial charge < -0.3 is 10.1 Å². The van der Waals surface area contributed by atoms with Crippen molar-refractivity contribution in [3.8, 4) is 23.1 Å². The Morgan fingerprint density at radius 3 is 2.56 bits per heavy atom. The summed E-state index contributed by atoms with van der Waals surface area (Å²) in [7, 11) is 0. The molecule has 128 valence electrons. The van der Waals surface area contributed by atoms with Crippen LogP contribution >= 0.6 is 23.2 Å². The van der Waals surface area contributed by atoms with Crippen molar-refractivity contribution >= 4 is 23.2 Å². The second kappa shape index (κ2) is 6.84. The van der Waals surface area contributed by atoms with Crippen LogP contribution in [0.1, 0.15) is 31.2 Å². The van der Waals surface area contributed by atoms with Gasteiger partial charge in [-0.25, -0.2) is 0 Å². The van der Waals surface area contributed by atoms with Gasteiger partial charge in [0.05, 0.1) is 27.4 Å². The van der Waals surface area contributed by atoms with E-state index in [1.54, 1.807) is 24.4 Å². The third-order valence-corrected chi connectivity index (χ3v) is 5.34. The minimum atomic E-state index is 0.175. The molecule has 0 radical (unpaired) electrons. The molecule has 1 N–H and O–H groups in total. The number of nitrogens with one attached hydrogen (secondary N) is 1. The highest BCUT2D eigenvalue weighted by Gasteiger charge is 2.34. The van der Waals surface area contributed by atoms with E-state index in [9.17, 15) is 5.26 Å². The summed E-state index contributed by atoms with van der Waals surface area (Å²) in [4.78, 5) is 4.31. The number of rotatable bonds is 3. The van der Waals surface area contributed by atoms with Crippen LogP contribution in [-0.4, -0.2) is 23.2 Å². The lowest BCUT2D eigenvalue weighted by atomic mass is 10.0. The van der Waals surface area contributed by atoms with Crippen molar-refractivity contribution in [1.29, 1.82) is 5.26 Å². The molecule has 1 aromatic heterocycles. The highest BCUT2D eigenvalue weighted by Crippen LogP contribution is 2.34. The van der Waals surface area contributed by atoms with Gasteiger partial charge in [0.2, 0.25) is 0 Å². The van der Waals surface area contributed by atoms with Crippen molar-refractivity contribution in [2.75, 3.05) is 0 Å². The molecule has 0 saturated carbocycles. The van der Waals surface area contributed by atoms with E-state index >= 15 is 0 Å². The van der Waals surface area contributed by atoms with Crippen molar-refractivity contribution < 1.29 is 4.74 Å². The predicted octanol–water partition coefficient (Wildman–Crippen LogP) is 4.59. The molecule has 1 aromatic carbocycles. The zero-order chi connectivity index (χ0) is 17.4. The number of ether oxygens (including phenoxy) is 1. The third kappa shape index (κ3) is 3.59. The highest BCUT2D eigenvalue weighted by molar-refractivity contribution is 6.36. The maximum Gasteiger partial charge on any atom is 0.121 e. The zero-order valence-electron chi connectivity index (χ0n) is 13.5. The molecule has 2 saturated heterocycles. The summed E-state index contributed by atoms with van der Waals surface area (Å²) in [6.07, 6.45) is 6.17. The van der Waals surface area contributed by atoms with Gasteiger partial charge in [0.25, 0.3) is 0 Å². The van der Waals surface area contributed by atoms with Crippen LogP contribution in [0.15, 0.2) is 30.5 Å². The molecule has 2 aliphatic heterocycles. The fraction of sp³-hybridized carbons (Fsp3) is 0.368. The van der Waals surface area contributed by atoms with Crippen molar-refractivity contribution in [3.05, 3.63) is 46.1 Å². The lowest BCUT2D eigenvalue weighted by Gasteiger charge is -2.29. The quantitative estimate of drug-likeness (QED) is 0.854. The molecule has 25 heavy (non-hydrogen) atoms. The van der Waals surface area contributed by atoms with Crippen LogP contribution in [0.25, 0.3) is 11.3 Å². The Morgan fingerprint density at radius 2 is 1.88 bits per heavy atom. The maximum atomic E-state index is 9.36. The van der Waals surface area contributed by atoms with E-state index in [1.165, 1.54) is 12.8 Å². The van der Waals surface area contributed by atoms with Gasteiger partial charge in [-0.05, 0) is 49.9 Å². The van der Waals surface area contributed by atoms with Gasteiger partial charge in [-0.2, -0.15) is 5.26 Å². The molecule has 2 aliphatic rings. The lowest BCUT2D eigenvalue weighted by Crippen LogP contribution is -2.42. The number of nitriles is 1. The Labute approximate surface area is 156 Å². The molecule has 6 heteroatoms. The monoisotopic (exact) mass is 373 g/mol. The predicted molar refractivity (Wildman–Crippen MR) is 98.0 cm³/mol. The normalized spacial score (nSPS) is 24.8. The topological polar surface area (TPSA) is 57.9 Å².